The monoisotopic (exact) mass is 360 g/mol. The maximum absolute atomic E-state index is 12.1. The molecular weight excluding hydrogens is 348 g/mol. The van der Waals surface area contributed by atoms with E-state index in [2.05, 4.69) is 4.72 Å². The van der Waals surface area contributed by atoms with E-state index in [9.17, 15) is 16.8 Å². The number of sulfonamides is 2. The fourth-order valence-electron chi connectivity index (χ4n) is 1.71. The van der Waals surface area contributed by atoms with Crippen molar-refractivity contribution in [3.63, 3.8) is 0 Å². The van der Waals surface area contributed by atoms with Crippen LogP contribution in [0.2, 0.25) is 5.02 Å². The van der Waals surface area contributed by atoms with Crippen LogP contribution >= 0.6 is 11.6 Å². The molecule has 0 saturated carbocycles. The van der Waals surface area contributed by atoms with Gasteiger partial charge < -0.3 is 0 Å². The minimum absolute atomic E-state index is 0.0267. The van der Waals surface area contributed by atoms with E-state index in [1.54, 1.807) is 24.3 Å². The van der Waals surface area contributed by atoms with E-state index in [1.807, 2.05) is 0 Å². The summed E-state index contributed by atoms with van der Waals surface area (Å²) in [7, 11) is -7.64. The van der Waals surface area contributed by atoms with Crippen LogP contribution in [-0.4, -0.2) is 16.8 Å². The first-order chi connectivity index (χ1) is 10.2. The van der Waals surface area contributed by atoms with Crippen molar-refractivity contribution in [2.75, 3.05) is 0 Å². The van der Waals surface area contributed by atoms with E-state index in [-0.39, 0.29) is 16.3 Å². The maximum atomic E-state index is 12.1. The molecule has 2 aromatic carbocycles. The summed E-state index contributed by atoms with van der Waals surface area (Å²) in [6, 6.07) is 11.5. The van der Waals surface area contributed by atoms with Crippen LogP contribution in [0.4, 0.5) is 0 Å². The highest BCUT2D eigenvalue weighted by atomic mass is 35.5. The van der Waals surface area contributed by atoms with Gasteiger partial charge in [0.05, 0.1) is 9.79 Å². The van der Waals surface area contributed by atoms with Gasteiger partial charge in [0.15, 0.2) is 0 Å². The van der Waals surface area contributed by atoms with Gasteiger partial charge in [-0.2, -0.15) is 0 Å². The van der Waals surface area contributed by atoms with Crippen molar-refractivity contribution in [3.8, 4) is 0 Å². The van der Waals surface area contributed by atoms with Crippen molar-refractivity contribution >= 4 is 31.6 Å². The zero-order valence-electron chi connectivity index (χ0n) is 11.2. The van der Waals surface area contributed by atoms with Crippen molar-refractivity contribution in [2.45, 2.75) is 16.3 Å². The molecule has 0 radical (unpaired) electrons. The van der Waals surface area contributed by atoms with Crippen molar-refractivity contribution in [3.05, 3.63) is 59.1 Å². The third-order valence-electron chi connectivity index (χ3n) is 2.87. The number of primary sulfonamides is 1. The van der Waals surface area contributed by atoms with Crippen LogP contribution in [0, 0.1) is 0 Å². The number of hydrogen-bond acceptors (Lipinski definition) is 4. The third kappa shape index (κ3) is 4.05. The average Bonchev–Trinajstić information content (AvgIpc) is 2.46. The molecule has 2 aromatic rings. The number of halogens is 1. The fraction of sp³-hybridized carbons (Fsp3) is 0.0769. The van der Waals surface area contributed by atoms with Crippen LogP contribution in [0.3, 0.4) is 0 Å². The quantitative estimate of drug-likeness (QED) is 0.841. The normalized spacial score (nSPS) is 12.3. The van der Waals surface area contributed by atoms with Crippen LogP contribution in [0.1, 0.15) is 5.56 Å². The molecule has 2 rings (SSSR count). The summed E-state index contributed by atoms with van der Waals surface area (Å²) in [6.07, 6.45) is 0. The molecule has 0 aliphatic carbocycles. The van der Waals surface area contributed by atoms with E-state index in [0.29, 0.717) is 10.6 Å². The molecule has 6 nitrogen and oxygen atoms in total. The minimum atomic E-state index is -3.86. The van der Waals surface area contributed by atoms with E-state index in [0.717, 1.165) is 12.1 Å². The van der Waals surface area contributed by atoms with E-state index in [1.165, 1.54) is 12.1 Å². The predicted octanol–water partition coefficient (Wildman–Crippen LogP) is 1.47. The van der Waals surface area contributed by atoms with Gasteiger partial charge >= 0.3 is 0 Å². The summed E-state index contributed by atoms with van der Waals surface area (Å²) in [4.78, 5) is -0.218. The molecule has 0 atom stereocenters. The zero-order chi connectivity index (χ0) is 16.4. The second-order valence-corrected chi connectivity index (χ2v) is 8.17. The van der Waals surface area contributed by atoms with Crippen molar-refractivity contribution in [1.29, 1.82) is 0 Å². The lowest BCUT2D eigenvalue weighted by Gasteiger charge is -2.08. The first kappa shape index (κ1) is 16.9. The van der Waals surface area contributed by atoms with Crippen molar-refractivity contribution in [2.24, 2.45) is 5.14 Å². The van der Waals surface area contributed by atoms with Crippen molar-refractivity contribution < 1.29 is 16.8 Å². The van der Waals surface area contributed by atoms with Crippen LogP contribution < -0.4 is 9.86 Å². The van der Waals surface area contributed by atoms with Crippen LogP contribution in [0.15, 0.2) is 58.3 Å². The van der Waals surface area contributed by atoms with E-state index < -0.39 is 20.0 Å². The Bertz CT molecular complexity index is 879. The Hall–Kier alpha value is -1.45. The molecule has 0 bridgehead atoms. The SMILES string of the molecule is NS(=O)(=O)c1ccc(S(=O)(=O)NCc2ccccc2Cl)cc1. The smallest absolute Gasteiger partial charge is 0.225 e. The molecule has 9 heteroatoms. The number of rotatable bonds is 5. The predicted molar refractivity (Wildman–Crippen MR) is 83.3 cm³/mol. The Morgan fingerprint density at radius 1 is 0.909 bits per heavy atom. The molecule has 0 saturated heterocycles. The molecule has 0 heterocycles. The molecule has 3 N–H and O–H groups in total. The molecule has 0 fully saturated rings. The summed E-state index contributed by atoms with van der Waals surface area (Å²) in [5, 5.41) is 5.41. The summed E-state index contributed by atoms with van der Waals surface area (Å²) in [5.74, 6) is 0. The first-order valence-electron chi connectivity index (χ1n) is 6.06. The number of hydrogen-bond donors (Lipinski definition) is 2. The van der Waals surface area contributed by atoms with Gasteiger partial charge in [-0.3, -0.25) is 0 Å². The molecule has 0 amide bonds. The molecular formula is C13H13ClN2O4S2. The fourth-order valence-corrected chi connectivity index (χ4v) is 3.43. The Morgan fingerprint density at radius 2 is 1.45 bits per heavy atom. The minimum Gasteiger partial charge on any atom is -0.225 e. The molecule has 0 aliphatic rings. The van der Waals surface area contributed by atoms with Gasteiger partial charge in [-0.15, -0.1) is 0 Å². The Balaban J connectivity index is 2.19. The van der Waals surface area contributed by atoms with Crippen molar-refractivity contribution in [1.82, 2.24) is 4.72 Å². The first-order valence-corrected chi connectivity index (χ1v) is 9.47. The molecule has 118 valence electrons. The number of nitrogens with two attached hydrogens (primary N) is 1. The van der Waals surface area contributed by atoms with Gasteiger partial charge in [-0.25, -0.2) is 26.7 Å². The average molecular weight is 361 g/mol. The largest absolute Gasteiger partial charge is 0.240 e. The highest BCUT2D eigenvalue weighted by Gasteiger charge is 2.16. The lowest BCUT2D eigenvalue weighted by atomic mass is 10.2. The molecule has 0 aliphatic heterocycles. The second kappa shape index (κ2) is 6.35. The highest BCUT2D eigenvalue weighted by Crippen LogP contribution is 2.17. The Labute approximate surface area is 134 Å². The Morgan fingerprint density at radius 3 is 2.00 bits per heavy atom. The number of benzene rings is 2. The number of nitrogens with one attached hydrogen (secondary N) is 1. The lowest BCUT2D eigenvalue weighted by Crippen LogP contribution is -2.23. The molecule has 0 aromatic heterocycles. The lowest BCUT2D eigenvalue weighted by molar-refractivity contribution is 0.580. The zero-order valence-corrected chi connectivity index (χ0v) is 13.6. The van der Waals surface area contributed by atoms with Crippen LogP contribution in [0.5, 0.6) is 0 Å². The van der Waals surface area contributed by atoms with Gasteiger partial charge in [0.25, 0.3) is 0 Å². The van der Waals surface area contributed by atoms with Gasteiger partial charge in [-0.05, 0) is 35.9 Å². The summed E-state index contributed by atoms with van der Waals surface area (Å²) in [5.41, 5.74) is 0.633. The summed E-state index contributed by atoms with van der Waals surface area (Å²) in [6.45, 7) is 0.0267. The van der Waals surface area contributed by atoms with Crippen LogP contribution in [0.25, 0.3) is 0 Å². The van der Waals surface area contributed by atoms with Gasteiger partial charge in [0.2, 0.25) is 20.0 Å². The summed E-state index contributed by atoms with van der Waals surface area (Å²) < 4.78 is 49.0. The molecule has 22 heavy (non-hydrogen) atoms. The molecule has 0 spiro atoms. The van der Waals surface area contributed by atoms with Gasteiger partial charge in [-0.1, -0.05) is 29.8 Å². The van der Waals surface area contributed by atoms with Gasteiger partial charge in [0, 0.05) is 11.6 Å². The van der Waals surface area contributed by atoms with Crippen LogP contribution in [-0.2, 0) is 26.6 Å². The summed E-state index contributed by atoms with van der Waals surface area (Å²) >= 11 is 5.95. The maximum Gasteiger partial charge on any atom is 0.240 e. The second-order valence-electron chi connectivity index (χ2n) is 4.43. The highest BCUT2D eigenvalue weighted by molar-refractivity contribution is 7.89. The van der Waals surface area contributed by atoms with E-state index >= 15 is 0 Å². The van der Waals surface area contributed by atoms with Gasteiger partial charge in [0.1, 0.15) is 0 Å². The molecule has 0 unspecified atom stereocenters. The topological polar surface area (TPSA) is 106 Å². The standard InChI is InChI=1S/C13H13ClN2O4S2/c14-13-4-2-1-3-10(13)9-16-22(19,20)12-7-5-11(6-8-12)21(15,17)18/h1-8,16H,9H2,(H2,15,17,18). The Kier molecular flexibility index (Phi) is 4.88. The third-order valence-corrected chi connectivity index (χ3v) is 5.59. The van der Waals surface area contributed by atoms with E-state index in [4.69, 9.17) is 16.7 Å².